The summed E-state index contributed by atoms with van der Waals surface area (Å²) < 4.78 is 0. The SMILES string of the molecule is N[C@@H](Cc1c[nH]c2ccccc12)C(=O)N[C@@H](Cc1cnc[nH]1)C(=O)NCc1ccccc1. The summed E-state index contributed by atoms with van der Waals surface area (Å²) >= 11 is 0. The molecule has 2 heterocycles. The molecule has 8 heteroatoms. The first-order valence-corrected chi connectivity index (χ1v) is 10.5. The number of carbonyl (C=O) groups excluding carboxylic acids is 2. The molecule has 0 spiro atoms. The van der Waals surface area contributed by atoms with Gasteiger partial charge in [-0.25, -0.2) is 4.98 Å². The van der Waals surface area contributed by atoms with Crippen molar-refractivity contribution in [1.82, 2.24) is 25.6 Å². The van der Waals surface area contributed by atoms with Gasteiger partial charge >= 0.3 is 0 Å². The first-order valence-electron chi connectivity index (χ1n) is 10.5. The van der Waals surface area contributed by atoms with E-state index in [2.05, 4.69) is 25.6 Å². The summed E-state index contributed by atoms with van der Waals surface area (Å²) in [6, 6.07) is 15.9. The minimum Gasteiger partial charge on any atom is -0.361 e. The highest BCUT2D eigenvalue weighted by atomic mass is 16.2. The van der Waals surface area contributed by atoms with Crippen molar-refractivity contribution in [1.29, 1.82) is 0 Å². The number of hydrogen-bond donors (Lipinski definition) is 5. The van der Waals surface area contributed by atoms with Crippen LogP contribution in [0.1, 0.15) is 16.8 Å². The number of carbonyl (C=O) groups is 2. The largest absolute Gasteiger partial charge is 0.361 e. The molecule has 0 saturated carbocycles. The molecule has 0 unspecified atom stereocenters. The molecule has 2 amide bonds. The number of benzene rings is 2. The van der Waals surface area contributed by atoms with Crippen molar-refractivity contribution in [2.75, 3.05) is 0 Å². The Kier molecular flexibility index (Phi) is 6.62. The zero-order valence-electron chi connectivity index (χ0n) is 17.5. The molecular formula is C24H26N6O2. The van der Waals surface area contributed by atoms with Crippen LogP contribution in [0.5, 0.6) is 0 Å². The van der Waals surface area contributed by atoms with Crippen LogP contribution >= 0.6 is 0 Å². The van der Waals surface area contributed by atoms with Crippen LogP contribution in [0, 0.1) is 0 Å². The third-order valence-electron chi connectivity index (χ3n) is 5.37. The number of nitrogens with one attached hydrogen (secondary N) is 4. The maximum Gasteiger partial charge on any atom is 0.243 e. The summed E-state index contributed by atoms with van der Waals surface area (Å²) in [5, 5.41) is 6.74. The van der Waals surface area contributed by atoms with Gasteiger partial charge in [0.25, 0.3) is 0 Å². The molecule has 0 bridgehead atoms. The lowest BCUT2D eigenvalue weighted by atomic mass is 10.0. The van der Waals surface area contributed by atoms with Gasteiger partial charge in [-0.3, -0.25) is 9.59 Å². The molecule has 0 aliphatic carbocycles. The van der Waals surface area contributed by atoms with Crippen molar-refractivity contribution in [3.8, 4) is 0 Å². The van der Waals surface area contributed by atoms with E-state index in [1.165, 1.54) is 0 Å². The molecular weight excluding hydrogens is 404 g/mol. The average molecular weight is 431 g/mol. The Morgan fingerprint density at radius 2 is 1.75 bits per heavy atom. The summed E-state index contributed by atoms with van der Waals surface area (Å²) in [6.07, 6.45) is 5.69. The number of aromatic amines is 2. The summed E-state index contributed by atoms with van der Waals surface area (Å²) in [7, 11) is 0. The van der Waals surface area contributed by atoms with Gasteiger partial charge in [0.15, 0.2) is 0 Å². The fourth-order valence-corrected chi connectivity index (χ4v) is 3.64. The van der Waals surface area contributed by atoms with E-state index in [9.17, 15) is 9.59 Å². The molecule has 4 aromatic rings. The third kappa shape index (κ3) is 5.22. The van der Waals surface area contributed by atoms with E-state index in [0.29, 0.717) is 13.0 Å². The normalized spacial score (nSPS) is 12.9. The summed E-state index contributed by atoms with van der Waals surface area (Å²) in [6.45, 7) is 0.371. The lowest BCUT2D eigenvalue weighted by molar-refractivity contribution is -0.129. The van der Waals surface area contributed by atoms with Crippen LogP contribution in [0.25, 0.3) is 10.9 Å². The molecule has 2 aromatic heterocycles. The predicted octanol–water partition coefficient (Wildman–Crippen LogP) is 1.80. The van der Waals surface area contributed by atoms with Crippen LogP contribution in [0.2, 0.25) is 0 Å². The third-order valence-corrected chi connectivity index (χ3v) is 5.37. The zero-order chi connectivity index (χ0) is 22.3. The molecule has 2 atom stereocenters. The topological polar surface area (TPSA) is 129 Å². The Balaban J connectivity index is 1.42. The zero-order valence-corrected chi connectivity index (χ0v) is 17.5. The molecule has 32 heavy (non-hydrogen) atoms. The Hall–Kier alpha value is -3.91. The second-order valence-corrected chi connectivity index (χ2v) is 7.72. The monoisotopic (exact) mass is 430 g/mol. The van der Waals surface area contributed by atoms with Crippen LogP contribution in [0.4, 0.5) is 0 Å². The number of fused-ring (bicyclic) bond motifs is 1. The summed E-state index contributed by atoms with van der Waals surface area (Å²) in [5.41, 5.74) is 9.88. The Morgan fingerprint density at radius 3 is 2.53 bits per heavy atom. The number of H-pyrrole nitrogens is 2. The highest BCUT2D eigenvalue weighted by molar-refractivity contribution is 5.90. The van der Waals surface area contributed by atoms with Gasteiger partial charge in [0.2, 0.25) is 11.8 Å². The van der Waals surface area contributed by atoms with Crippen LogP contribution in [0.3, 0.4) is 0 Å². The Bertz CT molecular complexity index is 1170. The highest BCUT2D eigenvalue weighted by Crippen LogP contribution is 2.18. The number of para-hydroxylation sites is 1. The Morgan fingerprint density at radius 1 is 0.969 bits per heavy atom. The molecule has 8 nitrogen and oxygen atoms in total. The molecule has 4 rings (SSSR count). The van der Waals surface area contributed by atoms with E-state index in [1.54, 1.807) is 12.5 Å². The second kappa shape index (κ2) is 9.93. The number of hydrogen-bond acceptors (Lipinski definition) is 4. The first-order chi connectivity index (χ1) is 15.6. The van der Waals surface area contributed by atoms with Crippen molar-refractivity contribution < 1.29 is 9.59 Å². The Labute approximate surface area is 185 Å². The fourth-order valence-electron chi connectivity index (χ4n) is 3.64. The smallest absolute Gasteiger partial charge is 0.243 e. The van der Waals surface area contributed by atoms with E-state index < -0.39 is 12.1 Å². The van der Waals surface area contributed by atoms with Gasteiger partial charge in [0, 0.05) is 42.0 Å². The van der Waals surface area contributed by atoms with Gasteiger partial charge in [-0.05, 0) is 23.6 Å². The number of nitrogens with zero attached hydrogens (tertiary/aromatic N) is 1. The van der Waals surface area contributed by atoms with Gasteiger partial charge < -0.3 is 26.3 Å². The summed E-state index contributed by atoms with van der Waals surface area (Å²) in [5.74, 6) is -0.661. The van der Waals surface area contributed by atoms with E-state index in [4.69, 9.17) is 5.73 Å². The average Bonchev–Trinajstić information content (AvgIpc) is 3.48. The second-order valence-electron chi connectivity index (χ2n) is 7.72. The van der Waals surface area contributed by atoms with Crippen molar-refractivity contribution in [2.45, 2.75) is 31.5 Å². The number of amides is 2. The molecule has 0 aliphatic rings. The lowest BCUT2D eigenvalue weighted by Gasteiger charge is -2.20. The van der Waals surface area contributed by atoms with Crippen molar-refractivity contribution in [2.24, 2.45) is 5.73 Å². The van der Waals surface area contributed by atoms with Crippen LogP contribution < -0.4 is 16.4 Å². The molecule has 0 saturated heterocycles. The number of aromatic nitrogens is 3. The van der Waals surface area contributed by atoms with Crippen LogP contribution in [-0.4, -0.2) is 38.8 Å². The fraction of sp³-hybridized carbons (Fsp3) is 0.208. The molecule has 6 N–H and O–H groups in total. The van der Waals surface area contributed by atoms with Gasteiger partial charge in [-0.1, -0.05) is 48.5 Å². The van der Waals surface area contributed by atoms with Crippen molar-refractivity contribution >= 4 is 22.7 Å². The predicted molar refractivity (Wildman–Crippen MR) is 122 cm³/mol. The van der Waals surface area contributed by atoms with Gasteiger partial charge in [-0.15, -0.1) is 0 Å². The minimum atomic E-state index is -0.791. The molecule has 2 aromatic carbocycles. The maximum atomic E-state index is 12.9. The van der Waals surface area contributed by atoms with E-state index >= 15 is 0 Å². The number of imidazole rings is 1. The van der Waals surface area contributed by atoms with E-state index in [1.807, 2.05) is 60.8 Å². The lowest BCUT2D eigenvalue weighted by Crippen LogP contribution is -2.53. The van der Waals surface area contributed by atoms with Crippen LogP contribution in [-0.2, 0) is 29.0 Å². The number of nitrogens with two attached hydrogens (primary N) is 1. The van der Waals surface area contributed by atoms with E-state index in [-0.39, 0.29) is 18.2 Å². The maximum absolute atomic E-state index is 12.9. The van der Waals surface area contributed by atoms with Crippen molar-refractivity contribution in [3.63, 3.8) is 0 Å². The minimum absolute atomic E-state index is 0.281. The van der Waals surface area contributed by atoms with Gasteiger partial charge in [0.1, 0.15) is 6.04 Å². The quantitative estimate of drug-likeness (QED) is 0.277. The standard InChI is InChI=1S/C24H26N6O2/c25-20(10-17-13-27-21-9-5-4-8-19(17)21)23(31)30-22(11-18-14-26-15-29-18)24(32)28-12-16-6-2-1-3-7-16/h1-9,13-15,20,22,27H,10-12,25H2,(H,26,29)(H,28,32)(H,30,31)/t20-,22-/m0/s1. The van der Waals surface area contributed by atoms with Gasteiger partial charge in [0.05, 0.1) is 12.4 Å². The van der Waals surface area contributed by atoms with Crippen molar-refractivity contribution in [3.05, 3.63) is 90.1 Å². The van der Waals surface area contributed by atoms with E-state index in [0.717, 1.165) is 27.7 Å². The molecule has 0 radical (unpaired) electrons. The summed E-state index contributed by atoms with van der Waals surface area (Å²) in [4.78, 5) is 35.9. The van der Waals surface area contributed by atoms with Crippen LogP contribution in [0.15, 0.2) is 73.3 Å². The van der Waals surface area contributed by atoms with Gasteiger partial charge in [-0.2, -0.15) is 0 Å². The molecule has 164 valence electrons. The molecule has 0 fully saturated rings. The highest BCUT2D eigenvalue weighted by Gasteiger charge is 2.25. The number of rotatable bonds is 9. The molecule has 0 aliphatic heterocycles. The first kappa shape index (κ1) is 21.3.